The van der Waals surface area contributed by atoms with Gasteiger partial charge in [-0.05, 0) is 18.2 Å². The number of nitro groups is 1. The van der Waals surface area contributed by atoms with E-state index in [4.69, 9.17) is 16.1 Å². The summed E-state index contributed by atoms with van der Waals surface area (Å²) in [5, 5.41) is 18.3. The van der Waals surface area contributed by atoms with Crippen molar-refractivity contribution in [2.24, 2.45) is 0 Å². The number of amides is 1. The number of carbonyl (C=O) groups is 1. The second kappa shape index (κ2) is 7.33. The van der Waals surface area contributed by atoms with Crippen LogP contribution in [0.4, 0.5) is 5.69 Å². The van der Waals surface area contributed by atoms with Gasteiger partial charge in [0.15, 0.2) is 11.3 Å². The quantitative estimate of drug-likeness (QED) is 0.387. The van der Waals surface area contributed by atoms with Crippen LogP contribution in [-0.2, 0) is 6.54 Å². The first-order valence-corrected chi connectivity index (χ1v) is 9.02. The maximum atomic E-state index is 12.4. The van der Waals surface area contributed by atoms with Crippen LogP contribution in [0.25, 0.3) is 22.4 Å². The zero-order chi connectivity index (χ0) is 19.7. The fourth-order valence-corrected chi connectivity index (χ4v) is 3.32. The Morgan fingerprint density at radius 2 is 2.11 bits per heavy atom. The van der Waals surface area contributed by atoms with Gasteiger partial charge in [0, 0.05) is 28.3 Å². The van der Waals surface area contributed by atoms with Crippen LogP contribution in [-0.4, -0.2) is 24.7 Å². The minimum Gasteiger partial charge on any atom is -0.356 e. The number of carbonyl (C=O) groups excluding carboxylic acids is 1. The van der Waals surface area contributed by atoms with E-state index in [1.807, 2.05) is 6.07 Å². The Balaban J connectivity index is 1.51. The van der Waals surface area contributed by atoms with Gasteiger partial charge in [-0.1, -0.05) is 28.9 Å². The van der Waals surface area contributed by atoms with Crippen LogP contribution in [0.1, 0.15) is 16.1 Å². The van der Waals surface area contributed by atoms with Crippen molar-refractivity contribution in [3.8, 4) is 11.3 Å². The summed E-state index contributed by atoms with van der Waals surface area (Å²) in [6.45, 7) is 0.0874. The molecule has 1 amide bonds. The molecule has 0 aliphatic rings. The topological polar surface area (TPSA) is 124 Å². The van der Waals surface area contributed by atoms with Crippen LogP contribution in [0.3, 0.4) is 0 Å². The number of nitro benzene ring substituents is 1. The molecule has 2 aromatic heterocycles. The molecular formula is C17H10ClN5O4S. The number of non-ortho nitro benzene ring substituents is 1. The van der Waals surface area contributed by atoms with Gasteiger partial charge in [-0.15, -0.1) is 0 Å². The molecule has 0 radical (unpaired) electrons. The molecule has 1 N–H and O–H groups in total. The fraction of sp³-hybridized carbons (Fsp3) is 0.0588. The molecule has 0 spiro atoms. The minimum atomic E-state index is -0.588. The largest absolute Gasteiger partial charge is 0.356 e. The van der Waals surface area contributed by atoms with Crippen LogP contribution in [0.2, 0.25) is 5.02 Å². The summed E-state index contributed by atoms with van der Waals surface area (Å²) < 4.78 is 13.1. The second-order valence-corrected chi connectivity index (χ2v) is 6.72. The Labute approximate surface area is 166 Å². The Morgan fingerprint density at radius 1 is 1.25 bits per heavy atom. The SMILES string of the molecule is O=C(NCc1cc(-c2cccc(Cl)c2)on1)c1cc([N+](=O)[O-])c2nsnc2c1. The third-order valence-corrected chi connectivity index (χ3v) is 4.68. The van der Waals surface area contributed by atoms with Crippen molar-refractivity contribution in [2.75, 3.05) is 0 Å². The Morgan fingerprint density at radius 3 is 2.89 bits per heavy atom. The highest BCUT2D eigenvalue weighted by Crippen LogP contribution is 2.26. The second-order valence-electron chi connectivity index (χ2n) is 5.76. The molecule has 2 aromatic carbocycles. The minimum absolute atomic E-state index is 0.0874. The van der Waals surface area contributed by atoms with Gasteiger partial charge < -0.3 is 9.84 Å². The average Bonchev–Trinajstić information content (AvgIpc) is 3.34. The molecule has 0 aliphatic heterocycles. The lowest BCUT2D eigenvalue weighted by Gasteiger charge is -2.03. The van der Waals surface area contributed by atoms with Gasteiger partial charge >= 0.3 is 0 Å². The smallest absolute Gasteiger partial charge is 0.299 e. The summed E-state index contributed by atoms with van der Waals surface area (Å²) in [4.78, 5) is 23.0. The van der Waals surface area contributed by atoms with Crippen LogP contribution in [0, 0.1) is 10.1 Å². The molecule has 0 saturated carbocycles. The van der Waals surface area contributed by atoms with E-state index in [0.29, 0.717) is 22.0 Å². The molecule has 0 unspecified atom stereocenters. The number of nitrogens with one attached hydrogen (secondary N) is 1. The summed E-state index contributed by atoms with van der Waals surface area (Å²) in [5.74, 6) is 0.0164. The number of nitrogens with zero attached hydrogens (tertiary/aromatic N) is 4. The van der Waals surface area contributed by atoms with E-state index in [9.17, 15) is 14.9 Å². The summed E-state index contributed by atoms with van der Waals surface area (Å²) in [6.07, 6.45) is 0. The molecule has 4 rings (SSSR count). The van der Waals surface area contributed by atoms with Gasteiger partial charge in [0.1, 0.15) is 11.2 Å². The Bertz CT molecular complexity index is 1210. The van der Waals surface area contributed by atoms with Crippen LogP contribution in [0.15, 0.2) is 47.0 Å². The Hall–Kier alpha value is -3.37. The predicted molar refractivity (Wildman–Crippen MR) is 102 cm³/mol. The molecule has 0 fully saturated rings. The molecule has 0 atom stereocenters. The summed E-state index contributed by atoms with van der Waals surface area (Å²) in [5.41, 5.74) is 1.57. The van der Waals surface area contributed by atoms with E-state index in [1.165, 1.54) is 12.1 Å². The van der Waals surface area contributed by atoms with Crippen LogP contribution >= 0.6 is 23.3 Å². The summed E-state index contributed by atoms with van der Waals surface area (Å²) in [6, 6.07) is 11.4. The molecular weight excluding hydrogens is 406 g/mol. The molecule has 0 saturated heterocycles. The van der Waals surface area contributed by atoms with Crippen LogP contribution < -0.4 is 5.32 Å². The maximum absolute atomic E-state index is 12.4. The molecule has 140 valence electrons. The van der Waals surface area contributed by atoms with Crippen molar-refractivity contribution < 1.29 is 14.2 Å². The fourth-order valence-electron chi connectivity index (χ4n) is 2.59. The predicted octanol–water partition coefficient (Wildman–Crippen LogP) is 3.84. The van der Waals surface area contributed by atoms with Crippen molar-refractivity contribution in [3.05, 3.63) is 68.9 Å². The maximum Gasteiger partial charge on any atom is 0.299 e. The third-order valence-electron chi connectivity index (χ3n) is 3.90. The zero-order valence-electron chi connectivity index (χ0n) is 14.0. The first-order chi connectivity index (χ1) is 13.5. The molecule has 9 nitrogen and oxygen atoms in total. The van der Waals surface area contributed by atoms with Gasteiger partial charge in [-0.25, -0.2) is 0 Å². The van der Waals surface area contributed by atoms with Crippen LogP contribution in [0.5, 0.6) is 0 Å². The number of hydrogen-bond donors (Lipinski definition) is 1. The van der Waals surface area contributed by atoms with Gasteiger partial charge in [0.25, 0.3) is 11.6 Å². The lowest BCUT2D eigenvalue weighted by molar-refractivity contribution is -0.383. The van der Waals surface area contributed by atoms with Crippen molar-refractivity contribution in [1.82, 2.24) is 19.2 Å². The van der Waals surface area contributed by atoms with E-state index >= 15 is 0 Å². The highest BCUT2D eigenvalue weighted by molar-refractivity contribution is 7.00. The van der Waals surface area contributed by atoms with Crippen molar-refractivity contribution >= 4 is 46.0 Å². The van der Waals surface area contributed by atoms with Crippen molar-refractivity contribution in [3.63, 3.8) is 0 Å². The molecule has 0 aliphatic carbocycles. The number of rotatable bonds is 5. The van der Waals surface area contributed by atoms with Gasteiger partial charge in [-0.2, -0.15) is 8.75 Å². The number of aromatic nitrogens is 3. The lowest BCUT2D eigenvalue weighted by Crippen LogP contribution is -2.23. The van der Waals surface area contributed by atoms with E-state index in [0.717, 1.165) is 17.3 Å². The monoisotopic (exact) mass is 415 g/mol. The van der Waals surface area contributed by atoms with E-state index in [2.05, 4.69) is 19.2 Å². The standard InChI is InChI=1S/C17H10ClN5O4S/c18-11-3-1-2-9(4-11)15-7-12(20-27-15)8-19-17(24)10-5-13-16(22-28-21-13)14(6-10)23(25)26/h1-7H,8H2,(H,19,24). The normalized spacial score (nSPS) is 10.9. The molecule has 4 aromatic rings. The zero-order valence-corrected chi connectivity index (χ0v) is 15.5. The molecule has 0 bridgehead atoms. The van der Waals surface area contributed by atoms with Gasteiger partial charge in [-0.3, -0.25) is 14.9 Å². The number of fused-ring (bicyclic) bond motifs is 1. The lowest BCUT2D eigenvalue weighted by atomic mass is 10.1. The third kappa shape index (κ3) is 3.55. The van der Waals surface area contributed by atoms with Gasteiger partial charge in [0.2, 0.25) is 0 Å². The first kappa shape index (κ1) is 18.0. The molecule has 2 heterocycles. The van der Waals surface area contributed by atoms with E-state index in [-0.39, 0.29) is 23.3 Å². The summed E-state index contributed by atoms with van der Waals surface area (Å²) in [7, 11) is 0. The number of halogens is 1. The average molecular weight is 416 g/mol. The molecule has 11 heteroatoms. The Kier molecular flexibility index (Phi) is 4.72. The highest BCUT2D eigenvalue weighted by Gasteiger charge is 2.20. The summed E-state index contributed by atoms with van der Waals surface area (Å²) >= 11 is 6.81. The van der Waals surface area contributed by atoms with Gasteiger partial charge in [0.05, 0.1) is 23.2 Å². The number of benzene rings is 2. The van der Waals surface area contributed by atoms with E-state index < -0.39 is 10.8 Å². The highest BCUT2D eigenvalue weighted by atomic mass is 35.5. The first-order valence-electron chi connectivity index (χ1n) is 7.92. The van der Waals surface area contributed by atoms with E-state index in [1.54, 1.807) is 24.3 Å². The van der Waals surface area contributed by atoms with Crippen molar-refractivity contribution in [1.29, 1.82) is 0 Å². The molecule has 28 heavy (non-hydrogen) atoms. The van der Waals surface area contributed by atoms with Crippen molar-refractivity contribution in [2.45, 2.75) is 6.54 Å². The number of hydrogen-bond acceptors (Lipinski definition) is 8.